The van der Waals surface area contributed by atoms with Gasteiger partial charge in [0.25, 0.3) is 11.8 Å². The Balaban J connectivity index is 2.93. The number of nitrogens with zero attached hydrogens (tertiary/aromatic N) is 1. The number of carbonyl (C=O) groups excluding carboxylic acids is 2. The average molecular weight is 185 g/mol. The minimum atomic E-state index is -1.21. The van der Waals surface area contributed by atoms with E-state index in [0.717, 1.165) is 17.1 Å². The van der Waals surface area contributed by atoms with E-state index in [1.54, 1.807) is 0 Å². The van der Waals surface area contributed by atoms with Gasteiger partial charge in [-0.1, -0.05) is 0 Å². The molecule has 13 heavy (non-hydrogen) atoms. The first kappa shape index (κ1) is 9.88. The van der Waals surface area contributed by atoms with Gasteiger partial charge in [0.1, 0.15) is 0 Å². The number of aliphatic hydroxyl groups excluding tert-OH is 2. The molecule has 0 aromatic rings. The summed E-state index contributed by atoms with van der Waals surface area (Å²) in [5.74, 6) is -1.01. The summed E-state index contributed by atoms with van der Waals surface area (Å²) >= 11 is 0. The lowest BCUT2D eigenvalue weighted by atomic mass is 10.0. The Bertz CT molecular complexity index is 249. The fourth-order valence-electron chi connectivity index (χ4n) is 1.12. The Kier molecular flexibility index (Phi) is 2.49. The van der Waals surface area contributed by atoms with Crippen LogP contribution in [0.5, 0.6) is 0 Å². The van der Waals surface area contributed by atoms with E-state index in [2.05, 4.69) is 0 Å². The Morgan fingerprint density at radius 3 is 1.92 bits per heavy atom. The molecule has 0 aromatic heterocycles. The van der Waals surface area contributed by atoms with Gasteiger partial charge in [-0.05, 0) is 6.92 Å². The smallest absolute Gasteiger partial charge is 0.254 e. The van der Waals surface area contributed by atoms with Crippen LogP contribution in [-0.2, 0) is 9.59 Å². The monoisotopic (exact) mass is 185 g/mol. The molecule has 0 unspecified atom stereocenters. The van der Waals surface area contributed by atoms with Crippen LogP contribution in [0, 0.1) is 0 Å². The molecular formula is C8H11NO4. The summed E-state index contributed by atoms with van der Waals surface area (Å²) in [6.45, 7) is 0.529. The molecule has 0 saturated heterocycles. The third kappa shape index (κ3) is 1.48. The van der Waals surface area contributed by atoms with Gasteiger partial charge >= 0.3 is 0 Å². The average Bonchev–Trinajstić information content (AvgIpc) is 2.46. The van der Waals surface area contributed by atoms with Crippen LogP contribution >= 0.6 is 0 Å². The molecule has 2 N–H and O–H groups in total. The zero-order valence-electron chi connectivity index (χ0n) is 7.23. The molecule has 0 saturated carbocycles. The van der Waals surface area contributed by atoms with Crippen molar-refractivity contribution in [3.8, 4) is 0 Å². The summed E-state index contributed by atoms with van der Waals surface area (Å²) in [6.07, 6.45) is 2.23. The van der Waals surface area contributed by atoms with Crippen LogP contribution in [0.2, 0.25) is 0 Å². The number of aliphatic hydroxyl groups is 2. The molecule has 0 spiro atoms. The summed E-state index contributed by atoms with van der Waals surface area (Å²) in [4.78, 5) is 23.1. The van der Waals surface area contributed by atoms with Gasteiger partial charge < -0.3 is 10.2 Å². The van der Waals surface area contributed by atoms with Crippen molar-refractivity contribution < 1.29 is 19.8 Å². The van der Waals surface area contributed by atoms with Crippen molar-refractivity contribution in [2.24, 2.45) is 0 Å². The summed E-state index contributed by atoms with van der Waals surface area (Å²) in [5, 5.41) is 17.9. The second kappa shape index (κ2) is 3.27. The van der Waals surface area contributed by atoms with E-state index in [4.69, 9.17) is 10.2 Å². The highest BCUT2D eigenvalue weighted by molar-refractivity contribution is 6.13. The molecule has 5 heteroatoms. The normalized spacial score (nSPS) is 17.3. The van der Waals surface area contributed by atoms with E-state index in [9.17, 15) is 9.59 Å². The minimum Gasteiger partial charge on any atom is -0.394 e. The predicted octanol–water partition coefficient (Wildman–Crippen LogP) is -1.35. The number of carbonyl (C=O) groups is 2. The van der Waals surface area contributed by atoms with Gasteiger partial charge in [0.15, 0.2) is 0 Å². The quantitative estimate of drug-likeness (QED) is 0.533. The topological polar surface area (TPSA) is 77.8 Å². The summed E-state index contributed by atoms with van der Waals surface area (Å²) in [6, 6.07) is 0. The lowest BCUT2D eigenvalue weighted by Crippen LogP contribution is -2.54. The Morgan fingerprint density at radius 2 is 1.62 bits per heavy atom. The molecule has 72 valence electrons. The Labute approximate surface area is 75.3 Å². The lowest BCUT2D eigenvalue weighted by molar-refractivity contribution is -0.147. The fraction of sp³-hybridized carbons (Fsp3) is 0.500. The first-order valence-corrected chi connectivity index (χ1v) is 3.83. The van der Waals surface area contributed by atoms with Gasteiger partial charge in [-0.2, -0.15) is 0 Å². The van der Waals surface area contributed by atoms with Crippen molar-refractivity contribution in [1.82, 2.24) is 4.90 Å². The number of hydrogen-bond acceptors (Lipinski definition) is 4. The van der Waals surface area contributed by atoms with E-state index >= 15 is 0 Å². The SMILES string of the molecule is CC(CO)(CO)N1C(=O)C=CC1=O. The van der Waals surface area contributed by atoms with Crippen LogP contribution in [0.25, 0.3) is 0 Å². The third-order valence-electron chi connectivity index (χ3n) is 2.03. The predicted molar refractivity (Wildman–Crippen MR) is 43.6 cm³/mol. The Hall–Kier alpha value is -1.20. The van der Waals surface area contributed by atoms with Gasteiger partial charge in [0.2, 0.25) is 0 Å². The number of imide groups is 1. The Morgan fingerprint density at radius 1 is 1.23 bits per heavy atom. The molecule has 1 aliphatic rings. The summed E-state index contributed by atoms with van der Waals surface area (Å²) in [7, 11) is 0. The van der Waals surface area contributed by atoms with E-state index in [0.29, 0.717) is 0 Å². The number of hydrogen-bond donors (Lipinski definition) is 2. The maximum atomic E-state index is 11.1. The molecule has 0 aromatic carbocycles. The van der Waals surface area contributed by atoms with Gasteiger partial charge in [-0.25, -0.2) is 0 Å². The van der Waals surface area contributed by atoms with Crippen LogP contribution in [0.15, 0.2) is 12.2 Å². The van der Waals surface area contributed by atoms with Gasteiger partial charge in [0.05, 0.1) is 18.8 Å². The maximum Gasteiger partial charge on any atom is 0.254 e. The minimum absolute atomic E-state index is 0.456. The largest absolute Gasteiger partial charge is 0.394 e. The molecular weight excluding hydrogens is 174 g/mol. The molecule has 1 rings (SSSR count). The third-order valence-corrected chi connectivity index (χ3v) is 2.03. The van der Waals surface area contributed by atoms with Crippen LogP contribution in [-0.4, -0.2) is 45.7 Å². The second-order valence-corrected chi connectivity index (χ2v) is 3.16. The first-order valence-electron chi connectivity index (χ1n) is 3.83. The van der Waals surface area contributed by atoms with E-state index in [1.807, 2.05) is 0 Å². The number of amides is 2. The molecule has 0 atom stereocenters. The van der Waals surface area contributed by atoms with Crippen molar-refractivity contribution in [3.63, 3.8) is 0 Å². The molecule has 5 nitrogen and oxygen atoms in total. The molecule has 0 bridgehead atoms. The van der Waals surface area contributed by atoms with Crippen molar-refractivity contribution >= 4 is 11.8 Å². The first-order chi connectivity index (χ1) is 6.05. The van der Waals surface area contributed by atoms with E-state index < -0.39 is 30.6 Å². The highest BCUT2D eigenvalue weighted by atomic mass is 16.3. The van der Waals surface area contributed by atoms with Crippen LogP contribution in [0.1, 0.15) is 6.92 Å². The lowest BCUT2D eigenvalue weighted by Gasteiger charge is -2.33. The van der Waals surface area contributed by atoms with Crippen molar-refractivity contribution in [3.05, 3.63) is 12.2 Å². The molecule has 0 fully saturated rings. The van der Waals surface area contributed by atoms with Crippen LogP contribution < -0.4 is 0 Å². The highest BCUT2D eigenvalue weighted by Gasteiger charge is 2.39. The molecule has 1 aliphatic heterocycles. The fourth-order valence-corrected chi connectivity index (χ4v) is 1.12. The zero-order valence-corrected chi connectivity index (χ0v) is 7.23. The summed E-state index contributed by atoms with van der Waals surface area (Å²) < 4.78 is 0. The van der Waals surface area contributed by atoms with Gasteiger partial charge in [-0.3, -0.25) is 14.5 Å². The zero-order chi connectivity index (χ0) is 10.1. The van der Waals surface area contributed by atoms with E-state index in [-0.39, 0.29) is 0 Å². The highest BCUT2D eigenvalue weighted by Crippen LogP contribution is 2.18. The van der Waals surface area contributed by atoms with Crippen LogP contribution in [0.4, 0.5) is 0 Å². The maximum absolute atomic E-state index is 11.1. The van der Waals surface area contributed by atoms with Gasteiger partial charge in [-0.15, -0.1) is 0 Å². The second-order valence-electron chi connectivity index (χ2n) is 3.16. The van der Waals surface area contributed by atoms with Crippen molar-refractivity contribution in [2.75, 3.05) is 13.2 Å². The summed E-state index contributed by atoms with van der Waals surface area (Å²) in [5.41, 5.74) is -1.21. The number of rotatable bonds is 3. The molecule has 0 aliphatic carbocycles. The van der Waals surface area contributed by atoms with E-state index in [1.165, 1.54) is 6.92 Å². The van der Waals surface area contributed by atoms with Crippen LogP contribution in [0.3, 0.4) is 0 Å². The standard InChI is InChI=1S/C8H11NO4/c1-8(4-10,5-11)9-6(12)2-3-7(9)13/h2-3,10-11H,4-5H2,1H3. The van der Waals surface area contributed by atoms with Crippen molar-refractivity contribution in [2.45, 2.75) is 12.5 Å². The van der Waals surface area contributed by atoms with Gasteiger partial charge in [0, 0.05) is 12.2 Å². The molecule has 2 amide bonds. The molecule has 1 heterocycles. The van der Waals surface area contributed by atoms with Crippen molar-refractivity contribution in [1.29, 1.82) is 0 Å². The molecule has 0 radical (unpaired) electrons.